The van der Waals surface area contributed by atoms with E-state index in [4.69, 9.17) is 15.5 Å². The summed E-state index contributed by atoms with van der Waals surface area (Å²) in [6, 6.07) is 14.7. The lowest BCUT2D eigenvalue weighted by molar-refractivity contribution is 0.122. The molecule has 0 unspecified atom stereocenters. The molecule has 1 aliphatic carbocycles. The van der Waals surface area contributed by atoms with Crippen LogP contribution < -0.4 is 20.9 Å². The van der Waals surface area contributed by atoms with Gasteiger partial charge >= 0.3 is 0 Å². The monoisotopic (exact) mass is 493 g/mol. The number of nitrogens with zero attached hydrogens (tertiary/aromatic N) is 2. The van der Waals surface area contributed by atoms with E-state index in [9.17, 15) is 8.42 Å². The van der Waals surface area contributed by atoms with Crippen molar-refractivity contribution < 1.29 is 13.2 Å². The maximum Gasteiger partial charge on any atom is 0.257 e. The van der Waals surface area contributed by atoms with Crippen LogP contribution in [0.2, 0.25) is 0 Å². The fraction of sp³-hybridized carbons (Fsp3) is 0.346. The van der Waals surface area contributed by atoms with Gasteiger partial charge < -0.3 is 20.8 Å². The third-order valence-electron chi connectivity index (χ3n) is 6.65. The van der Waals surface area contributed by atoms with E-state index in [0.29, 0.717) is 18.9 Å². The zero-order valence-electron chi connectivity index (χ0n) is 19.9. The van der Waals surface area contributed by atoms with E-state index in [1.807, 2.05) is 31.2 Å². The number of allylic oxidation sites excluding steroid dienone is 2. The summed E-state index contributed by atoms with van der Waals surface area (Å²) in [5.41, 5.74) is 15.9. The maximum absolute atomic E-state index is 12.9. The van der Waals surface area contributed by atoms with E-state index in [0.717, 1.165) is 77.9 Å². The zero-order chi connectivity index (χ0) is 24.4. The Kier molecular flexibility index (Phi) is 6.64. The van der Waals surface area contributed by atoms with Crippen molar-refractivity contribution in [1.29, 1.82) is 0 Å². The number of nitrogens with one attached hydrogen (secondary N) is 2. The fourth-order valence-corrected chi connectivity index (χ4v) is 5.62. The van der Waals surface area contributed by atoms with Gasteiger partial charge in [-0.2, -0.15) is 0 Å². The highest BCUT2D eigenvalue weighted by atomic mass is 32.2. The average molecular weight is 494 g/mol. The van der Waals surface area contributed by atoms with E-state index >= 15 is 0 Å². The van der Waals surface area contributed by atoms with E-state index in [1.165, 1.54) is 0 Å². The minimum Gasteiger partial charge on any atom is -0.396 e. The van der Waals surface area contributed by atoms with Crippen molar-refractivity contribution in [3.05, 3.63) is 65.5 Å². The molecule has 1 aromatic heterocycles. The molecule has 9 heteroatoms. The highest BCUT2D eigenvalue weighted by molar-refractivity contribution is 7.89. The molecule has 2 aliphatic rings. The lowest BCUT2D eigenvalue weighted by Gasteiger charge is -2.33. The molecule has 8 nitrogen and oxygen atoms in total. The van der Waals surface area contributed by atoms with Gasteiger partial charge in [-0.3, -0.25) is 0 Å². The molecule has 0 atom stereocenters. The van der Waals surface area contributed by atoms with Crippen molar-refractivity contribution in [3.8, 4) is 0 Å². The van der Waals surface area contributed by atoms with Crippen LogP contribution in [-0.2, 0) is 14.8 Å². The third-order valence-corrected chi connectivity index (χ3v) is 7.92. The number of anilines is 2. The van der Waals surface area contributed by atoms with Crippen molar-refractivity contribution >= 4 is 37.9 Å². The van der Waals surface area contributed by atoms with Crippen LogP contribution in [0.1, 0.15) is 36.9 Å². The molecule has 1 fully saturated rings. The summed E-state index contributed by atoms with van der Waals surface area (Å²) in [6.45, 7) is 4.65. The molecule has 0 saturated carbocycles. The molecule has 4 N–H and O–H groups in total. The molecular formula is C26H31N5O3S. The lowest BCUT2D eigenvalue weighted by atomic mass is 9.92. The molecule has 0 spiro atoms. The van der Waals surface area contributed by atoms with Crippen LogP contribution in [0.25, 0.3) is 16.5 Å². The van der Waals surface area contributed by atoms with Crippen molar-refractivity contribution in [2.75, 3.05) is 36.9 Å². The van der Waals surface area contributed by atoms with Gasteiger partial charge in [0, 0.05) is 29.7 Å². The van der Waals surface area contributed by atoms with Gasteiger partial charge in [-0.05, 0) is 50.8 Å². The highest BCUT2D eigenvalue weighted by Crippen LogP contribution is 2.41. The predicted octanol–water partition coefficient (Wildman–Crippen LogP) is 3.73. The van der Waals surface area contributed by atoms with Crippen molar-refractivity contribution in [1.82, 2.24) is 15.2 Å². The van der Waals surface area contributed by atoms with Crippen molar-refractivity contribution in [3.63, 3.8) is 0 Å². The van der Waals surface area contributed by atoms with Gasteiger partial charge in [-0.1, -0.05) is 35.9 Å². The smallest absolute Gasteiger partial charge is 0.257 e. The number of benzene rings is 2. The van der Waals surface area contributed by atoms with Gasteiger partial charge in [-0.25, -0.2) is 13.4 Å². The summed E-state index contributed by atoms with van der Waals surface area (Å²) in [4.78, 5) is 10.1. The van der Waals surface area contributed by atoms with Gasteiger partial charge in [0.1, 0.15) is 0 Å². The SMILES string of the molecule is Cc1ccc(S(=O)(=O)NNC2=C(c3nc4ccccc4c(N)c3N3CCOCC3)CCCC2)cc1. The first-order valence-corrected chi connectivity index (χ1v) is 13.5. The molecule has 5 rings (SSSR count). The Hall–Kier alpha value is -3.14. The van der Waals surface area contributed by atoms with E-state index in [-0.39, 0.29) is 4.90 Å². The summed E-state index contributed by atoms with van der Waals surface area (Å²) in [7, 11) is -3.72. The Morgan fingerprint density at radius 2 is 1.71 bits per heavy atom. The number of pyridine rings is 1. The number of hydrazine groups is 1. The number of ether oxygens (including phenoxy) is 1. The number of aryl methyl sites for hydroxylation is 1. The Morgan fingerprint density at radius 3 is 2.49 bits per heavy atom. The Labute approximate surface area is 206 Å². The minimum atomic E-state index is -3.72. The molecule has 2 aromatic carbocycles. The van der Waals surface area contributed by atoms with Gasteiger partial charge in [-0.15, -0.1) is 4.83 Å². The van der Waals surface area contributed by atoms with Gasteiger partial charge in [0.25, 0.3) is 10.0 Å². The first-order valence-electron chi connectivity index (χ1n) is 12.0. The molecule has 184 valence electrons. The lowest BCUT2D eigenvalue weighted by Crippen LogP contribution is -2.39. The van der Waals surface area contributed by atoms with Crippen LogP contribution in [-0.4, -0.2) is 39.7 Å². The number of para-hydroxylation sites is 1. The molecule has 2 heterocycles. The van der Waals surface area contributed by atoms with Gasteiger partial charge in [0.2, 0.25) is 0 Å². The molecule has 35 heavy (non-hydrogen) atoms. The highest BCUT2D eigenvalue weighted by Gasteiger charge is 2.26. The first kappa shape index (κ1) is 23.6. The number of nitrogens with two attached hydrogens (primary N) is 1. The van der Waals surface area contributed by atoms with E-state index < -0.39 is 10.0 Å². The van der Waals surface area contributed by atoms with Crippen molar-refractivity contribution in [2.45, 2.75) is 37.5 Å². The van der Waals surface area contributed by atoms with Crippen LogP contribution >= 0.6 is 0 Å². The molecule has 3 aromatic rings. The number of aromatic nitrogens is 1. The van der Waals surface area contributed by atoms with Gasteiger partial charge in [0.15, 0.2) is 0 Å². The Morgan fingerprint density at radius 1 is 1.00 bits per heavy atom. The molecular weight excluding hydrogens is 462 g/mol. The largest absolute Gasteiger partial charge is 0.396 e. The van der Waals surface area contributed by atoms with Crippen LogP contribution in [0.5, 0.6) is 0 Å². The average Bonchev–Trinajstić information content (AvgIpc) is 2.88. The van der Waals surface area contributed by atoms with Crippen LogP contribution in [0.4, 0.5) is 11.4 Å². The first-order chi connectivity index (χ1) is 16.9. The second kappa shape index (κ2) is 9.85. The molecule has 0 bridgehead atoms. The number of nitrogen functional groups attached to an aromatic ring is 1. The predicted molar refractivity (Wildman–Crippen MR) is 139 cm³/mol. The van der Waals surface area contributed by atoms with Crippen LogP contribution in [0.15, 0.2) is 59.1 Å². The third kappa shape index (κ3) is 4.84. The number of hydrogen-bond acceptors (Lipinski definition) is 7. The second-order valence-electron chi connectivity index (χ2n) is 9.05. The van der Waals surface area contributed by atoms with Gasteiger partial charge in [0.05, 0.1) is 40.7 Å². The standard InChI is InChI=1S/C26H31N5O3S/c1-18-10-12-19(13-11-18)35(32,33)30-29-23-9-5-3-7-21(23)25-26(31-14-16-34-17-15-31)24(27)20-6-2-4-8-22(20)28-25/h2,4,6,8,10-13,29-30H,3,5,7,9,14-17H2,1H3,(H2,27,28). The summed E-state index contributed by atoms with van der Waals surface area (Å²) in [5, 5.41) is 0.920. The Balaban J connectivity index is 1.56. The fourth-order valence-electron chi connectivity index (χ4n) is 4.75. The molecule has 0 amide bonds. The number of morpholine rings is 1. The van der Waals surface area contributed by atoms with E-state index in [1.54, 1.807) is 24.3 Å². The second-order valence-corrected chi connectivity index (χ2v) is 10.7. The van der Waals surface area contributed by atoms with Crippen molar-refractivity contribution in [2.24, 2.45) is 0 Å². The minimum absolute atomic E-state index is 0.218. The Bertz CT molecular complexity index is 1360. The summed E-state index contributed by atoms with van der Waals surface area (Å²) in [6.07, 6.45) is 3.48. The number of fused-ring (bicyclic) bond motifs is 1. The maximum atomic E-state index is 12.9. The zero-order valence-corrected chi connectivity index (χ0v) is 20.7. The molecule has 1 aliphatic heterocycles. The number of hydrogen-bond donors (Lipinski definition) is 3. The van der Waals surface area contributed by atoms with Crippen LogP contribution in [0, 0.1) is 6.92 Å². The summed E-state index contributed by atoms with van der Waals surface area (Å²) < 4.78 is 31.4. The normalized spacial score (nSPS) is 17.1. The van der Waals surface area contributed by atoms with Crippen LogP contribution in [0.3, 0.4) is 0 Å². The topological polar surface area (TPSA) is 110 Å². The molecule has 0 radical (unpaired) electrons. The summed E-state index contributed by atoms with van der Waals surface area (Å²) >= 11 is 0. The number of sulfonamides is 1. The molecule has 1 saturated heterocycles. The van der Waals surface area contributed by atoms with E-state index in [2.05, 4.69) is 15.2 Å². The summed E-state index contributed by atoms with van der Waals surface area (Å²) in [5.74, 6) is 0. The number of rotatable bonds is 6. The quantitative estimate of drug-likeness (QED) is 0.449.